The predicted octanol–water partition coefficient (Wildman–Crippen LogP) is 3.33. The molecule has 0 aliphatic carbocycles. The molecule has 2 aromatic carbocycles. The molecule has 8 nitrogen and oxygen atoms in total. The monoisotopic (exact) mass is 632 g/mol. The summed E-state index contributed by atoms with van der Waals surface area (Å²) >= 11 is 3.96. The summed E-state index contributed by atoms with van der Waals surface area (Å²) < 4.78 is 6.51. The van der Waals surface area contributed by atoms with Gasteiger partial charge in [-0.2, -0.15) is 0 Å². The van der Waals surface area contributed by atoms with Crippen LogP contribution in [0.1, 0.15) is 11.1 Å². The first-order valence-corrected chi connectivity index (χ1v) is 10.6. The van der Waals surface area contributed by atoms with E-state index in [9.17, 15) is 19.2 Å². The number of anilines is 1. The van der Waals surface area contributed by atoms with Gasteiger partial charge in [0.1, 0.15) is 11.3 Å². The molecule has 2 aromatic rings. The molecule has 1 saturated heterocycles. The van der Waals surface area contributed by atoms with Gasteiger partial charge in [-0.1, -0.05) is 17.7 Å². The number of nitrogens with one attached hydrogen (secondary N) is 1. The van der Waals surface area contributed by atoms with E-state index in [4.69, 9.17) is 9.84 Å². The largest absolute Gasteiger partial charge is 0.480 e. The summed E-state index contributed by atoms with van der Waals surface area (Å²) in [4.78, 5) is 49.2. The first kappa shape index (κ1) is 22.2. The van der Waals surface area contributed by atoms with E-state index in [1.807, 2.05) is 52.1 Å². The van der Waals surface area contributed by atoms with E-state index in [1.165, 1.54) is 6.08 Å². The van der Waals surface area contributed by atoms with E-state index in [2.05, 4.69) is 5.32 Å². The Labute approximate surface area is 198 Å². The summed E-state index contributed by atoms with van der Waals surface area (Å²) in [6.45, 7) is 1.39. The van der Waals surface area contributed by atoms with Crippen LogP contribution in [-0.2, 0) is 14.4 Å². The van der Waals surface area contributed by atoms with Crippen LogP contribution in [0.3, 0.4) is 0 Å². The molecule has 1 aliphatic rings. The van der Waals surface area contributed by atoms with Crippen molar-refractivity contribution in [2.24, 2.45) is 0 Å². The van der Waals surface area contributed by atoms with Crippen LogP contribution in [0.5, 0.6) is 5.75 Å². The molecular formula is C20H14I2N2O6. The van der Waals surface area contributed by atoms with Crippen molar-refractivity contribution in [1.29, 1.82) is 0 Å². The van der Waals surface area contributed by atoms with Gasteiger partial charge >= 0.3 is 12.0 Å². The smallest absolute Gasteiger partial charge is 0.341 e. The Balaban J connectivity index is 1.96. The fourth-order valence-electron chi connectivity index (χ4n) is 2.69. The highest BCUT2D eigenvalue weighted by Gasteiger charge is 2.36. The summed E-state index contributed by atoms with van der Waals surface area (Å²) in [6.07, 6.45) is 1.39. The number of ether oxygens (including phenoxy) is 1. The van der Waals surface area contributed by atoms with Crippen molar-refractivity contribution in [3.8, 4) is 5.75 Å². The fraction of sp³-hybridized carbons (Fsp3) is 0.100. The molecule has 30 heavy (non-hydrogen) atoms. The van der Waals surface area contributed by atoms with Gasteiger partial charge in [-0.15, -0.1) is 0 Å². The molecule has 1 aliphatic heterocycles. The second kappa shape index (κ2) is 9.12. The Bertz CT molecular complexity index is 1070. The van der Waals surface area contributed by atoms with Crippen molar-refractivity contribution in [2.75, 3.05) is 11.5 Å². The fourth-order valence-corrected chi connectivity index (χ4v) is 4.81. The molecule has 0 radical (unpaired) electrons. The second-order valence-corrected chi connectivity index (χ2v) is 8.61. The van der Waals surface area contributed by atoms with Crippen LogP contribution in [0.2, 0.25) is 0 Å². The Kier molecular flexibility index (Phi) is 6.75. The van der Waals surface area contributed by atoms with E-state index in [-0.39, 0.29) is 5.57 Å². The van der Waals surface area contributed by atoms with E-state index < -0.39 is 30.4 Å². The topological polar surface area (TPSA) is 113 Å². The zero-order valence-electron chi connectivity index (χ0n) is 15.4. The van der Waals surface area contributed by atoms with Crippen LogP contribution in [-0.4, -0.2) is 35.5 Å². The molecule has 10 heteroatoms. The number of urea groups is 1. The maximum atomic E-state index is 12.9. The summed E-state index contributed by atoms with van der Waals surface area (Å²) in [5.41, 5.74) is 1.65. The molecular weight excluding hydrogens is 618 g/mol. The van der Waals surface area contributed by atoms with Gasteiger partial charge in [0.2, 0.25) is 0 Å². The lowest BCUT2D eigenvalue weighted by molar-refractivity contribution is -0.139. The Morgan fingerprint density at radius 1 is 1.13 bits per heavy atom. The molecule has 0 bridgehead atoms. The number of barbiturate groups is 1. The van der Waals surface area contributed by atoms with Crippen LogP contribution < -0.4 is 15.0 Å². The Hall–Kier alpha value is -2.48. The van der Waals surface area contributed by atoms with Crippen molar-refractivity contribution < 1.29 is 29.0 Å². The van der Waals surface area contributed by atoms with Crippen molar-refractivity contribution in [2.45, 2.75) is 6.92 Å². The number of amides is 4. The van der Waals surface area contributed by atoms with E-state index in [0.29, 0.717) is 24.1 Å². The average Bonchev–Trinajstić information content (AvgIpc) is 2.65. The summed E-state index contributed by atoms with van der Waals surface area (Å²) in [5, 5.41) is 11.0. The first-order chi connectivity index (χ1) is 14.2. The highest BCUT2D eigenvalue weighted by molar-refractivity contribution is 14.1. The number of rotatable bonds is 5. The Morgan fingerprint density at radius 3 is 2.30 bits per heavy atom. The van der Waals surface area contributed by atoms with Gasteiger partial charge in [-0.3, -0.25) is 14.9 Å². The number of carbonyl (C=O) groups excluding carboxylic acids is 3. The number of carbonyl (C=O) groups is 4. The standard InChI is InChI=1S/C20H14I2N2O6/c1-10-2-4-12(5-3-10)24-19(28)13(18(27)23-20(24)29)6-11-7-14(21)17(15(22)8-11)30-9-16(25)26/h2-8H,9H2,1H3,(H,25,26)(H,23,27,29)/b13-6+. The molecule has 1 heterocycles. The lowest BCUT2D eigenvalue weighted by atomic mass is 10.1. The summed E-state index contributed by atoms with van der Waals surface area (Å²) in [7, 11) is 0. The molecule has 2 N–H and O–H groups in total. The predicted molar refractivity (Wildman–Crippen MR) is 125 cm³/mol. The van der Waals surface area contributed by atoms with Gasteiger partial charge in [0.15, 0.2) is 6.61 Å². The van der Waals surface area contributed by atoms with Gasteiger partial charge in [0.25, 0.3) is 11.8 Å². The van der Waals surface area contributed by atoms with Crippen LogP contribution in [0.15, 0.2) is 42.0 Å². The third-order valence-electron chi connectivity index (χ3n) is 4.07. The second-order valence-electron chi connectivity index (χ2n) is 6.29. The lowest BCUT2D eigenvalue weighted by Crippen LogP contribution is -2.54. The number of imide groups is 2. The van der Waals surface area contributed by atoms with Crippen molar-refractivity contribution >= 4 is 80.8 Å². The minimum Gasteiger partial charge on any atom is -0.480 e. The minimum atomic E-state index is -1.10. The first-order valence-electron chi connectivity index (χ1n) is 8.49. The van der Waals surface area contributed by atoms with Crippen LogP contribution in [0.4, 0.5) is 10.5 Å². The summed E-state index contributed by atoms with van der Waals surface area (Å²) in [5.74, 6) is -2.22. The molecule has 0 spiro atoms. The van der Waals surface area contributed by atoms with E-state index >= 15 is 0 Å². The SMILES string of the molecule is Cc1ccc(N2C(=O)NC(=O)/C(=C\c3cc(I)c(OCC(=O)O)c(I)c3)C2=O)cc1. The molecule has 0 atom stereocenters. The van der Waals surface area contributed by atoms with E-state index in [1.54, 1.807) is 36.4 Å². The van der Waals surface area contributed by atoms with Gasteiger partial charge in [0.05, 0.1) is 12.8 Å². The molecule has 1 fully saturated rings. The number of aryl methyl sites for hydroxylation is 1. The third-order valence-corrected chi connectivity index (χ3v) is 5.67. The number of aliphatic carboxylic acids is 1. The van der Waals surface area contributed by atoms with Gasteiger partial charge < -0.3 is 9.84 Å². The normalized spacial score (nSPS) is 15.4. The molecule has 0 aromatic heterocycles. The van der Waals surface area contributed by atoms with Crippen LogP contribution in [0.25, 0.3) is 6.08 Å². The van der Waals surface area contributed by atoms with Crippen LogP contribution in [0, 0.1) is 14.1 Å². The lowest BCUT2D eigenvalue weighted by Gasteiger charge is -2.26. The molecule has 154 valence electrons. The quantitative estimate of drug-likeness (QED) is 0.297. The molecule has 4 amide bonds. The molecule has 0 saturated carbocycles. The van der Waals surface area contributed by atoms with E-state index in [0.717, 1.165) is 10.5 Å². The summed E-state index contributed by atoms with van der Waals surface area (Å²) in [6, 6.07) is 9.27. The number of halogens is 2. The highest BCUT2D eigenvalue weighted by atomic mass is 127. The number of nitrogens with zero attached hydrogens (tertiary/aromatic N) is 1. The number of carboxylic acids is 1. The average molecular weight is 632 g/mol. The van der Waals surface area contributed by atoms with Gasteiger partial charge in [-0.05, 0) is 88.0 Å². The minimum absolute atomic E-state index is 0.194. The van der Waals surface area contributed by atoms with Gasteiger partial charge in [-0.25, -0.2) is 14.5 Å². The van der Waals surface area contributed by atoms with Gasteiger partial charge in [0, 0.05) is 0 Å². The number of hydrogen-bond donors (Lipinski definition) is 2. The maximum Gasteiger partial charge on any atom is 0.341 e. The number of benzene rings is 2. The maximum absolute atomic E-state index is 12.9. The van der Waals surface area contributed by atoms with Crippen molar-refractivity contribution in [3.63, 3.8) is 0 Å². The highest BCUT2D eigenvalue weighted by Crippen LogP contribution is 2.30. The zero-order valence-corrected chi connectivity index (χ0v) is 19.8. The molecule has 0 unspecified atom stereocenters. The number of hydrogen-bond acceptors (Lipinski definition) is 5. The third kappa shape index (κ3) is 4.80. The van der Waals surface area contributed by atoms with Crippen molar-refractivity contribution in [1.82, 2.24) is 5.32 Å². The molecule has 3 rings (SSSR count). The van der Waals surface area contributed by atoms with Crippen molar-refractivity contribution in [3.05, 3.63) is 60.2 Å². The van der Waals surface area contributed by atoms with Crippen LogP contribution >= 0.6 is 45.2 Å². The zero-order chi connectivity index (χ0) is 22.0. The Morgan fingerprint density at radius 2 is 1.73 bits per heavy atom. The number of carboxylic acid groups (broad SMARTS) is 1.